The van der Waals surface area contributed by atoms with Crippen molar-refractivity contribution in [3.05, 3.63) is 35.9 Å². The summed E-state index contributed by atoms with van der Waals surface area (Å²) in [7, 11) is -2.81. The molecule has 5 nitrogen and oxygen atoms in total. The zero-order valence-electron chi connectivity index (χ0n) is 7.79. The Morgan fingerprint density at radius 3 is 2.40 bits per heavy atom. The van der Waals surface area contributed by atoms with E-state index < -0.39 is 22.9 Å². The third-order valence-corrected chi connectivity index (χ3v) is 2.36. The fourth-order valence-electron chi connectivity index (χ4n) is 1.23. The summed E-state index contributed by atoms with van der Waals surface area (Å²) in [6.07, 6.45) is -0.271. The van der Waals surface area contributed by atoms with E-state index in [1.165, 1.54) is 0 Å². The van der Waals surface area contributed by atoms with Crippen molar-refractivity contribution in [2.75, 3.05) is 0 Å². The molecule has 6 heteroatoms. The lowest BCUT2D eigenvalue weighted by Crippen LogP contribution is -2.22. The third-order valence-electron chi connectivity index (χ3n) is 1.84. The molecule has 82 valence electrons. The first-order valence-electron chi connectivity index (χ1n) is 4.27. The van der Waals surface area contributed by atoms with Crippen molar-refractivity contribution < 1.29 is 18.3 Å². The van der Waals surface area contributed by atoms with Gasteiger partial charge in [-0.05, 0) is 5.56 Å². The van der Waals surface area contributed by atoms with E-state index in [1.807, 2.05) is 0 Å². The van der Waals surface area contributed by atoms with Crippen molar-refractivity contribution in [1.82, 2.24) is 4.72 Å². The Morgan fingerprint density at radius 2 is 1.93 bits per heavy atom. The molecule has 0 fully saturated rings. The topological polar surface area (TPSA) is 83.5 Å². The molecule has 0 radical (unpaired) electrons. The molecule has 0 saturated heterocycles. The van der Waals surface area contributed by atoms with Crippen LogP contribution in [0.2, 0.25) is 0 Å². The van der Waals surface area contributed by atoms with Crippen molar-refractivity contribution >= 4 is 16.9 Å². The van der Waals surface area contributed by atoms with Gasteiger partial charge in [0.2, 0.25) is 10.9 Å². The van der Waals surface area contributed by atoms with Gasteiger partial charge in [-0.25, -0.2) is 13.1 Å². The minimum absolute atomic E-state index is 0.271. The Labute approximate surface area is 88.8 Å². The van der Waals surface area contributed by atoms with Gasteiger partial charge in [-0.1, -0.05) is 30.3 Å². The summed E-state index contributed by atoms with van der Waals surface area (Å²) in [4.78, 5) is 10.5. The number of hydrogen-bond acceptors (Lipinski definition) is 3. The summed E-state index contributed by atoms with van der Waals surface area (Å²) in [6.45, 7) is 0. The van der Waals surface area contributed by atoms with E-state index >= 15 is 0 Å². The van der Waals surface area contributed by atoms with Crippen molar-refractivity contribution in [1.29, 1.82) is 0 Å². The number of carboxylic acid groups (broad SMARTS) is 1. The third kappa shape index (κ3) is 4.09. The highest BCUT2D eigenvalue weighted by atomic mass is 32.2. The van der Waals surface area contributed by atoms with Crippen LogP contribution in [0.25, 0.3) is 0 Å². The van der Waals surface area contributed by atoms with E-state index in [2.05, 4.69) is 4.72 Å². The van der Waals surface area contributed by atoms with Crippen LogP contribution in [0.1, 0.15) is 18.0 Å². The number of benzene rings is 1. The minimum Gasteiger partial charge on any atom is -0.481 e. The highest BCUT2D eigenvalue weighted by molar-refractivity contribution is 7.70. The van der Waals surface area contributed by atoms with E-state index in [0.717, 1.165) is 0 Å². The lowest BCUT2D eigenvalue weighted by Gasteiger charge is -2.12. The molecule has 0 aromatic heterocycles. The van der Waals surface area contributed by atoms with Crippen molar-refractivity contribution in [3.8, 4) is 0 Å². The molecule has 1 atom stereocenters. The standard InChI is InChI=1S/C9H11NO4S/c11-9(12)6-8(10-15(13)14)7-4-2-1-3-5-7/h1-5,8,15H,6H2,(H,11,12)(H,10,13,14). The Hall–Kier alpha value is -1.40. The summed E-state index contributed by atoms with van der Waals surface area (Å²) in [5.41, 5.74) is 0.638. The van der Waals surface area contributed by atoms with Crippen LogP contribution in [0.5, 0.6) is 0 Å². The van der Waals surface area contributed by atoms with Crippen LogP contribution in [-0.4, -0.2) is 19.5 Å². The quantitative estimate of drug-likeness (QED) is 0.635. The molecular weight excluding hydrogens is 218 g/mol. The van der Waals surface area contributed by atoms with Crippen LogP contribution >= 0.6 is 0 Å². The van der Waals surface area contributed by atoms with Gasteiger partial charge in [0, 0.05) is 0 Å². The average Bonchev–Trinajstić information content (AvgIpc) is 2.17. The summed E-state index contributed by atoms with van der Waals surface area (Å²) in [5.74, 6) is -1.05. The number of nitrogens with one attached hydrogen (secondary N) is 1. The monoisotopic (exact) mass is 229 g/mol. The van der Waals surface area contributed by atoms with E-state index in [4.69, 9.17) is 5.11 Å². The molecule has 0 saturated carbocycles. The summed E-state index contributed by atoms with van der Waals surface area (Å²) < 4.78 is 23.2. The molecule has 0 aliphatic rings. The van der Waals surface area contributed by atoms with Gasteiger partial charge in [-0.3, -0.25) is 4.79 Å². The summed E-state index contributed by atoms with van der Waals surface area (Å²) >= 11 is 0. The molecular formula is C9H11NO4S. The van der Waals surface area contributed by atoms with Crippen molar-refractivity contribution in [2.45, 2.75) is 12.5 Å². The molecule has 2 N–H and O–H groups in total. The van der Waals surface area contributed by atoms with Crippen LogP contribution in [-0.2, 0) is 15.7 Å². The summed E-state index contributed by atoms with van der Waals surface area (Å²) in [5, 5.41) is 8.62. The normalized spacial score (nSPS) is 12.6. The van der Waals surface area contributed by atoms with Gasteiger partial charge in [0.25, 0.3) is 0 Å². The molecule has 0 amide bonds. The molecule has 0 bridgehead atoms. The number of carboxylic acids is 1. The smallest absolute Gasteiger partial charge is 0.305 e. The molecule has 1 aromatic rings. The van der Waals surface area contributed by atoms with Crippen molar-refractivity contribution in [3.63, 3.8) is 0 Å². The average molecular weight is 229 g/mol. The number of thiol groups is 1. The van der Waals surface area contributed by atoms with Gasteiger partial charge >= 0.3 is 5.97 Å². The largest absolute Gasteiger partial charge is 0.481 e. The zero-order chi connectivity index (χ0) is 11.3. The molecule has 1 unspecified atom stereocenters. The van der Waals surface area contributed by atoms with E-state index in [9.17, 15) is 13.2 Å². The molecule has 15 heavy (non-hydrogen) atoms. The van der Waals surface area contributed by atoms with Crippen LogP contribution in [0.3, 0.4) is 0 Å². The minimum atomic E-state index is -2.81. The van der Waals surface area contributed by atoms with Crippen molar-refractivity contribution in [2.24, 2.45) is 0 Å². The fourth-order valence-corrected chi connectivity index (χ4v) is 1.72. The molecule has 1 rings (SSSR count). The molecule has 0 aliphatic carbocycles. The lowest BCUT2D eigenvalue weighted by molar-refractivity contribution is -0.137. The zero-order valence-corrected chi connectivity index (χ0v) is 8.68. The number of rotatable bonds is 5. The summed E-state index contributed by atoms with van der Waals surface area (Å²) in [6, 6.07) is 7.88. The van der Waals surface area contributed by atoms with Crippen LogP contribution < -0.4 is 4.72 Å². The first-order chi connectivity index (χ1) is 7.09. The fraction of sp³-hybridized carbons (Fsp3) is 0.222. The number of carbonyl (C=O) groups is 1. The van der Waals surface area contributed by atoms with Crippen LogP contribution in [0.15, 0.2) is 30.3 Å². The molecule has 0 spiro atoms. The van der Waals surface area contributed by atoms with Gasteiger partial charge in [0.05, 0.1) is 12.5 Å². The lowest BCUT2D eigenvalue weighted by atomic mass is 10.1. The Kier molecular flexibility index (Phi) is 4.26. The molecule has 0 aliphatic heterocycles. The maximum atomic E-state index is 10.5. The second kappa shape index (κ2) is 5.47. The van der Waals surface area contributed by atoms with E-state index in [-0.39, 0.29) is 6.42 Å². The second-order valence-corrected chi connectivity index (χ2v) is 3.72. The highest BCUT2D eigenvalue weighted by Crippen LogP contribution is 2.15. The maximum Gasteiger partial charge on any atom is 0.305 e. The Morgan fingerprint density at radius 1 is 1.33 bits per heavy atom. The predicted octanol–water partition coefficient (Wildman–Crippen LogP) is 0.318. The molecule has 1 aromatic carbocycles. The second-order valence-electron chi connectivity index (χ2n) is 2.95. The highest BCUT2D eigenvalue weighted by Gasteiger charge is 2.15. The van der Waals surface area contributed by atoms with Gasteiger partial charge in [0.1, 0.15) is 0 Å². The number of hydrogen-bond donors (Lipinski definition) is 3. The maximum absolute atomic E-state index is 10.5. The van der Waals surface area contributed by atoms with Gasteiger partial charge in [-0.15, -0.1) is 0 Å². The van der Waals surface area contributed by atoms with Gasteiger partial charge in [-0.2, -0.15) is 0 Å². The SMILES string of the molecule is O=C(O)CC(N[SH](=O)=O)c1ccccc1. The van der Waals surface area contributed by atoms with E-state index in [1.54, 1.807) is 30.3 Å². The van der Waals surface area contributed by atoms with Crippen LogP contribution in [0.4, 0.5) is 0 Å². The first-order valence-corrected chi connectivity index (χ1v) is 5.44. The van der Waals surface area contributed by atoms with E-state index in [0.29, 0.717) is 5.56 Å². The Balaban J connectivity index is 2.85. The first kappa shape index (κ1) is 11.7. The van der Waals surface area contributed by atoms with Gasteiger partial charge < -0.3 is 5.11 Å². The predicted molar refractivity (Wildman–Crippen MR) is 54.9 cm³/mol. The number of aliphatic carboxylic acids is 1. The van der Waals surface area contributed by atoms with Crippen LogP contribution in [0, 0.1) is 0 Å². The molecule has 0 heterocycles. The Bertz CT molecular complexity index is 394. The van der Waals surface area contributed by atoms with Gasteiger partial charge in [0.15, 0.2) is 0 Å².